The summed E-state index contributed by atoms with van der Waals surface area (Å²) in [6.45, 7) is 2.44. The average molecular weight is 355 g/mol. The van der Waals surface area contributed by atoms with Gasteiger partial charge >= 0.3 is 6.03 Å². The van der Waals surface area contributed by atoms with Crippen molar-refractivity contribution in [2.45, 2.75) is 25.4 Å². The van der Waals surface area contributed by atoms with Gasteiger partial charge in [0.1, 0.15) is 11.4 Å². The van der Waals surface area contributed by atoms with Crippen molar-refractivity contribution in [1.82, 2.24) is 15.1 Å². The van der Waals surface area contributed by atoms with E-state index in [1.54, 1.807) is 13.1 Å². The Morgan fingerprint density at radius 1 is 1.12 bits per heavy atom. The van der Waals surface area contributed by atoms with Gasteiger partial charge in [0.2, 0.25) is 0 Å². The molecule has 0 saturated carbocycles. The molecule has 1 saturated heterocycles. The first kappa shape index (κ1) is 18.1. The summed E-state index contributed by atoms with van der Waals surface area (Å²) in [4.78, 5) is 28.6. The number of nitrogens with one attached hydrogen (secondary N) is 1. The molecular formula is C20H22FN3O2. The number of carbonyl (C=O) groups excluding carboxylic acids is 2. The molecule has 6 heteroatoms. The van der Waals surface area contributed by atoms with Crippen LogP contribution in [0.4, 0.5) is 9.18 Å². The Kier molecular flexibility index (Phi) is 5.04. The van der Waals surface area contributed by atoms with Gasteiger partial charge in [-0.25, -0.2) is 14.1 Å². The predicted octanol–water partition coefficient (Wildman–Crippen LogP) is 3.07. The molecule has 136 valence electrons. The van der Waals surface area contributed by atoms with E-state index >= 15 is 0 Å². The van der Waals surface area contributed by atoms with Crippen LogP contribution in [0.25, 0.3) is 0 Å². The van der Waals surface area contributed by atoms with Gasteiger partial charge < -0.3 is 5.32 Å². The number of benzene rings is 2. The molecule has 0 bridgehead atoms. The number of halogens is 1. The number of nitrogens with zero attached hydrogens (tertiary/aromatic N) is 2. The minimum Gasteiger partial charge on any atom is -0.319 e. The fourth-order valence-electron chi connectivity index (χ4n) is 3.36. The van der Waals surface area contributed by atoms with Gasteiger partial charge in [-0.15, -0.1) is 0 Å². The number of amides is 3. The van der Waals surface area contributed by atoms with Crippen LogP contribution in [0.3, 0.4) is 0 Å². The van der Waals surface area contributed by atoms with Gasteiger partial charge in [-0.1, -0.05) is 49.4 Å². The summed E-state index contributed by atoms with van der Waals surface area (Å²) in [5.41, 5.74) is 0.526. The zero-order valence-corrected chi connectivity index (χ0v) is 14.9. The predicted molar refractivity (Wildman–Crippen MR) is 96.5 cm³/mol. The quantitative estimate of drug-likeness (QED) is 0.810. The first-order valence-electron chi connectivity index (χ1n) is 8.59. The molecular weight excluding hydrogens is 333 g/mol. The standard InChI is InChI=1S/C20H22FN3O2/c1-3-20(16-9-5-4-6-10-16)18(25)24(19(26)22-20)14-23(2)13-15-8-7-11-17(21)12-15/h4-12H,3,13-14H2,1-2H3,(H,22,26)/t20-/m1/s1. The van der Waals surface area contributed by atoms with Gasteiger partial charge in [-0.3, -0.25) is 9.69 Å². The van der Waals surface area contributed by atoms with Crippen LogP contribution in [0, 0.1) is 5.82 Å². The molecule has 5 nitrogen and oxygen atoms in total. The van der Waals surface area contributed by atoms with Crippen molar-refractivity contribution in [3.8, 4) is 0 Å². The van der Waals surface area contributed by atoms with Gasteiger partial charge in [-0.2, -0.15) is 0 Å². The zero-order valence-electron chi connectivity index (χ0n) is 14.9. The minimum absolute atomic E-state index is 0.135. The van der Waals surface area contributed by atoms with E-state index in [4.69, 9.17) is 0 Å². The van der Waals surface area contributed by atoms with Crippen LogP contribution in [-0.4, -0.2) is 35.5 Å². The molecule has 1 heterocycles. The maximum Gasteiger partial charge on any atom is 0.326 e. The maximum absolute atomic E-state index is 13.3. The lowest BCUT2D eigenvalue weighted by Crippen LogP contribution is -2.44. The molecule has 1 atom stereocenters. The molecule has 1 aliphatic heterocycles. The van der Waals surface area contributed by atoms with E-state index in [2.05, 4.69) is 5.32 Å². The lowest BCUT2D eigenvalue weighted by Gasteiger charge is -2.27. The largest absolute Gasteiger partial charge is 0.326 e. The number of rotatable bonds is 6. The maximum atomic E-state index is 13.3. The van der Waals surface area contributed by atoms with Crippen LogP contribution in [0.1, 0.15) is 24.5 Å². The number of urea groups is 1. The highest BCUT2D eigenvalue weighted by molar-refractivity contribution is 6.07. The Balaban J connectivity index is 1.76. The molecule has 1 aliphatic rings. The topological polar surface area (TPSA) is 52.7 Å². The third kappa shape index (κ3) is 3.32. The molecule has 0 unspecified atom stereocenters. The monoisotopic (exact) mass is 355 g/mol. The summed E-state index contributed by atoms with van der Waals surface area (Å²) in [5, 5.41) is 2.86. The lowest BCUT2D eigenvalue weighted by atomic mass is 9.87. The highest BCUT2D eigenvalue weighted by atomic mass is 19.1. The fourth-order valence-corrected chi connectivity index (χ4v) is 3.36. The molecule has 1 fully saturated rings. The van der Waals surface area contributed by atoms with Crippen LogP contribution >= 0.6 is 0 Å². The smallest absolute Gasteiger partial charge is 0.319 e. The normalized spacial score (nSPS) is 19.9. The summed E-state index contributed by atoms with van der Waals surface area (Å²) in [6, 6.07) is 15.2. The molecule has 3 rings (SSSR count). The van der Waals surface area contributed by atoms with Crippen LogP contribution in [-0.2, 0) is 16.9 Å². The van der Waals surface area contributed by atoms with E-state index in [-0.39, 0.29) is 18.4 Å². The molecule has 1 N–H and O–H groups in total. The van der Waals surface area contributed by atoms with E-state index in [1.807, 2.05) is 48.2 Å². The summed E-state index contributed by atoms with van der Waals surface area (Å²) in [6.07, 6.45) is 0.464. The minimum atomic E-state index is -1.03. The van der Waals surface area contributed by atoms with Crippen molar-refractivity contribution in [2.75, 3.05) is 13.7 Å². The third-order valence-electron chi connectivity index (χ3n) is 4.70. The van der Waals surface area contributed by atoms with Crippen LogP contribution < -0.4 is 5.32 Å². The molecule has 2 aromatic carbocycles. The van der Waals surface area contributed by atoms with Crippen molar-refractivity contribution >= 4 is 11.9 Å². The first-order valence-corrected chi connectivity index (χ1v) is 8.59. The summed E-state index contributed by atoms with van der Waals surface area (Å²) >= 11 is 0. The highest BCUT2D eigenvalue weighted by Gasteiger charge is 2.51. The molecule has 2 aromatic rings. The second-order valence-electron chi connectivity index (χ2n) is 6.57. The summed E-state index contributed by atoms with van der Waals surface area (Å²) in [5.74, 6) is -0.567. The molecule has 0 radical (unpaired) electrons. The number of hydrogen-bond acceptors (Lipinski definition) is 3. The molecule has 26 heavy (non-hydrogen) atoms. The van der Waals surface area contributed by atoms with E-state index in [1.165, 1.54) is 17.0 Å². The molecule has 0 aliphatic carbocycles. The van der Waals surface area contributed by atoms with Gasteiger partial charge in [0.15, 0.2) is 0 Å². The van der Waals surface area contributed by atoms with Gasteiger partial charge in [0.05, 0.1) is 6.67 Å². The van der Waals surface area contributed by atoms with E-state index < -0.39 is 11.6 Å². The van der Waals surface area contributed by atoms with Gasteiger partial charge in [0.25, 0.3) is 5.91 Å². The van der Waals surface area contributed by atoms with Crippen molar-refractivity contribution in [2.24, 2.45) is 0 Å². The second-order valence-corrected chi connectivity index (χ2v) is 6.57. The molecule has 3 amide bonds. The van der Waals surface area contributed by atoms with Crippen LogP contribution in [0.2, 0.25) is 0 Å². The average Bonchev–Trinajstić information content (AvgIpc) is 2.87. The summed E-state index contributed by atoms with van der Waals surface area (Å²) < 4.78 is 13.3. The Morgan fingerprint density at radius 3 is 2.50 bits per heavy atom. The van der Waals surface area contributed by atoms with E-state index in [9.17, 15) is 14.0 Å². The third-order valence-corrected chi connectivity index (χ3v) is 4.70. The number of imide groups is 1. The molecule has 0 aromatic heterocycles. The Bertz CT molecular complexity index is 812. The molecule has 0 spiro atoms. The van der Waals surface area contributed by atoms with Crippen LogP contribution in [0.15, 0.2) is 54.6 Å². The number of carbonyl (C=O) groups is 2. The Hall–Kier alpha value is -2.73. The van der Waals surface area contributed by atoms with Crippen molar-refractivity contribution < 1.29 is 14.0 Å². The number of hydrogen-bond donors (Lipinski definition) is 1. The van der Waals surface area contributed by atoms with E-state index in [0.717, 1.165) is 11.1 Å². The Morgan fingerprint density at radius 2 is 1.85 bits per heavy atom. The fraction of sp³-hybridized carbons (Fsp3) is 0.300. The van der Waals surface area contributed by atoms with Crippen molar-refractivity contribution in [3.05, 3.63) is 71.5 Å². The van der Waals surface area contributed by atoms with Crippen molar-refractivity contribution in [3.63, 3.8) is 0 Å². The SMILES string of the molecule is CC[C@]1(c2ccccc2)NC(=O)N(CN(C)Cc2cccc(F)c2)C1=O. The van der Waals surface area contributed by atoms with Gasteiger partial charge in [-0.05, 0) is 36.7 Å². The van der Waals surface area contributed by atoms with Gasteiger partial charge in [0, 0.05) is 6.54 Å². The van der Waals surface area contributed by atoms with Crippen molar-refractivity contribution in [1.29, 1.82) is 0 Å². The zero-order chi connectivity index (χ0) is 18.7. The van der Waals surface area contributed by atoms with Crippen LogP contribution in [0.5, 0.6) is 0 Å². The second kappa shape index (κ2) is 7.25. The van der Waals surface area contributed by atoms with E-state index in [0.29, 0.717) is 13.0 Å². The summed E-state index contributed by atoms with van der Waals surface area (Å²) in [7, 11) is 1.79. The Labute approximate surface area is 152 Å². The highest BCUT2D eigenvalue weighted by Crippen LogP contribution is 2.32. The first-order chi connectivity index (χ1) is 12.5. The lowest BCUT2D eigenvalue weighted by molar-refractivity contribution is -0.133.